The quantitative estimate of drug-likeness (QED) is 0.486. The second-order valence-electron chi connectivity index (χ2n) is 4.05. The van der Waals surface area contributed by atoms with Gasteiger partial charge in [0.05, 0.1) is 5.02 Å². The molecule has 2 aromatic carbocycles. The molecule has 0 atom stereocenters. The summed E-state index contributed by atoms with van der Waals surface area (Å²) >= 11 is 5.45. The van der Waals surface area contributed by atoms with Gasteiger partial charge in [-0.2, -0.15) is 0 Å². The van der Waals surface area contributed by atoms with Gasteiger partial charge < -0.3 is 5.32 Å². The lowest BCUT2D eigenvalue weighted by molar-refractivity contribution is 0.381. The predicted molar refractivity (Wildman–Crippen MR) is 65.0 cm³/mol. The minimum atomic E-state index is -2.24. The Morgan fingerprint density at radius 3 is 1.86 bits per heavy atom. The average Bonchev–Trinajstić information content (AvgIpc) is 2.46. The second kappa shape index (κ2) is 5.85. The van der Waals surface area contributed by atoms with Gasteiger partial charge in [-0.05, 0) is 17.7 Å². The Balaban J connectivity index is 2.30. The van der Waals surface area contributed by atoms with Crippen LogP contribution >= 0.6 is 11.6 Å². The van der Waals surface area contributed by atoms with Crippen LogP contribution in [0, 0.1) is 34.9 Å². The van der Waals surface area contributed by atoms with Crippen LogP contribution in [-0.2, 0) is 6.54 Å². The van der Waals surface area contributed by atoms with E-state index in [2.05, 4.69) is 0 Å². The molecule has 2 aromatic rings. The Labute approximate surface area is 120 Å². The molecule has 0 amide bonds. The molecule has 0 saturated carbocycles. The molecule has 0 unspecified atom stereocenters. The first-order chi connectivity index (χ1) is 9.82. The minimum absolute atomic E-state index is 0.157. The van der Waals surface area contributed by atoms with Crippen LogP contribution in [0.2, 0.25) is 5.02 Å². The van der Waals surface area contributed by atoms with E-state index >= 15 is 0 Å². The number of hydrogen-bond acceptors (Lipinski definition) is 1. The summed E-state index contributed by atoms with van der Waals surface area (Å²) in [5.74, 6) is -11.1. The molecular weight excluding hydrogens is 320 g/mol. The molecule has 0 aliphatic rings. The van der Waals surface area contributed by atoms with Gasteiger partial charge in [-0.1, -0.05) is 17.7 Å². The van der Waals surface area contributed by atoms with Crippen molar-refractivity contribution in [1.29, 1.82) is 0 Å². The van der Waals surface area contributed by atoms with Crippen LogP contribution in [-0.4, -0.2) is 0 Å². The summed E-state index contributed by atoms with van der Waals surface area (Å²) in [6, 6.07) is 3.51. The van der Waals surface area contributed by atoms with E-state index in [0.717, 1.165) is 6.07 Å². The van der Waals surface area contributed by atoms with Gasteiger partial charge in [0, 0.05) is 6.54 Å². The van der Waals surface area contributed by atoms with Gasteiger partial charge in [0.25, 0.3) is 0 Å². The molecule has 0 aliphatic carbocycles. The SMILES string of the molecule is Fc1cc(CNc2c(F)c(F)c(F)c(F)c2F)ccc1Cl. The lowest BCUT2D eigenvalue weighted by Crippen LogP contribution is -2.10. The highest BCUT2D eigenvalue weighted by Gasteiger charge is 2.25. The standard InChI is InChI=1S/C13H6ClF6N/c14-6-2-1-5(3-7(6)15)4-21-13-11(19)9(17)8(16)10(18)12(13)20/h1-3,21H,4H2. The smallest absolute Gasteiger partial charge is 0.200 e. The van der Waals surface area contributed by atoms with Crippen molar-refractivity contribution in [2.24, 2.45) is 0 Å². The van der Waals surface area contributed by atoms with Crippen molar-refractivity contribution in [3.63, 3.8) is 0 Å². The van der Waals surface area contributed by atoms with E-state index in [9.17, 15) is 26.3 Å². The zero-order chi connectivity index (χ0) is 15.7. The highest BCUT2D eigenvalue weighted by Crippen LogP contribution is 2.27. The van der Waals surface area contributed by atoms with Gasteiger partial charge in [0.2, 0.25) is 5.82 Å². The summed E-state index contributed by atoms with van der Waals surface area (Å²) in [4.78, 5) is 0. The van der Waals surface area contributed by atoms with E-state index in [1.54, 1.807) is 0 Å². The van der Waals surface area contributed by atoms with Gasteiger partial charge in [-0.25, -0.2) is 26.3 Å². The highest BCUT2D eigenvalue weighted by molar-refractivity contribution is 6.30. The lowest BCUT2D eigenvalue weighted by atomic mass is 10.2. The van der Waals surface area contributed by atoms with Crippen molar-refractivity contribution in [2.45, 2.75) is 6.54 Å². The maximum absolute atomic E-state index is 13.4. The van der Waals surface area contributed by atoms with Crippen LogP contribution in [0.25, 0.3) is 0 Å². The number of anilines is 1. The highest BCUT2D eigenvalue weighted by atomic mass is 35.5. The molecule has 1 nitrogen and oxygen atoms in total. The summed E-state index contributed by atoms with van der Waals surface area (Å²) in [6.45, 7) is -0.355. The summed E-state index contributed by atoms with van der Waals surface area (Å²) in [5.41, 5.74) is -0.970. The Morgan fingerprint density at radius 2 is 1.33 bits per heavy atom. The van der Waals surface area contributed by atoms with Crippen LogP contribution in [0.15, 0.2) is 18.2 Å². The first kappa shape index (κ1) is 15.5. The van der Waals surface area contributed by atoms with E-state index in [1.807, 2.05) is 5.32 Å². The van der Waals surface area contributed by atoms with Crippen molar-refractivity contribution in [2.75, 3.05) is 5.32 Å². The molecule has 0 heterocycles. The molecule has 112 valence electrons. The average molecular weight is 326 g/mol. The largest absolute Gasteiger partial charge is 0.376 e. The molecule has 21 heavy (non-hydrogen) atoms. The molecule has 0 fully saturated rings. The van der Waals surface area contributed by atoms with Crippen molar-refractivity contribution >= 4 is 17.3 Å². The van der Waals surface area contributed by atoms with Crippen LogP contribution in [0.1, 0.15) is 5.56 Å². The molecule has 0 radical (unpaired) electrons. The molecule has 0 aliphatic heterocycles. The Hall–Kier alpha value is -1.89. The second-order valence-corrected chi connectivity index (χ2v) is 4.45. The van der Waals surface area contributed by atoms with Crippen molar-refractivity contribution in [3.05, 3.63) is 63.7 Å². The van der Waals surface area contributed by atoms with E-state index < -0.39 is 40.6 Å². The molecule has 0 saturated heterocycles. The molecular formula is C13H6ClF6N. The number of halogens is 7. The van der Waals surface area contributed by atoms with Crippen LogP contribution in [0.5, 0.6) is 0 Å². The number of rotatable bonds is 3. The summed E-state index contributed by atoms with van der Waals surface area (Å²) < 4.78 is 78.7. The van der Waals surface area contributed by atoms with Gasteiger partial charge in [0.15, 0.2) is 23.3 Å². The maximum atomic E-state index is 13.4. The minimum Gasteiger partial charge on any atom is -0.376 e. The summed E-state index contributed by atoms with van der Waals surface area (Å²) in [6.07, 6.45) is 0. The third-order valence-corrected chi connectivity index (χ3v) is 2.97. The fourth-order valence-electron chi connectivity index (χ4n) is 1.60. The normalized spacial score (nSPS) is 10.8. The predicted octanol–water partition coefficient (Wildman–Crippen LogP) is 4.79. The third kappa shape index (κ3) is 2.92. The van der Waals surface area contributed by atoms with Gasteiger partial charge >= 0.3 is 0 Å². The third-order valence-electron chi connectivity index (χ3n) is 2.66. The van der Waals surface area contributed by atoms with Gasteiger partial charge in [0.1, 0.15) is 11.5 Å². The lowest BCUT2D eigenvalue weighted by Gasteiger charge is -2.11. The van der Waals surface area contributed by atoms with Gasteiger partial charge in [-0.15, -0.1) is 0 Å². The Morgan fingerprint density at radius 1 is 0.810 bits per heavy atom. The Bertz CT molecular complexity index is 675. The Kier molecular flexibility index (Phi) is 4.32. The molecule has 0 bridgehead atoms. The maximum Gasteiger partial charge on any atom is 0.200 e. The molecule has 8 heteroatoms. The van der Waals surface area contributed by atoms with E-state index in [-0.39, 0.29) is 17.1 Å². The summed E-state index contributed by atoms with van der Waals surface area (Å²) in [7, 11) is 0. The topological polar surface area (TPSA) is 12.0 Å². The fraction of sp³-hybridized carbons (Fsp3) is 0.0769. The van der Waals surface area contributed by atoms with Crippen LogP contribution < -0.4 is 5.32 Å². The van der Waals surface area contributed by atoms with Crippen LogP contribution in [0.3, 0.4) is 0 Å². The first-order valence-corrected chi connectivity index (χ1v) is 5.90. The van der Waals surface area contributed by atoms with Gasteiger partial charge in [-0.3, -0.25) is 0 Å². The summed E-state index contributed by atoms with van der Waals surface area (Å²) in [5, 5.41) is 1.89. The molecule has 1 N–H and O–H groups in total. The molecule has 0 aromatic heterocycles. The molecule has 2 rings (SSSR count). The zero-order valence-corrected chi connectivity index (χ0v) is 10.8. The zero-order valence-electron chi connectivity index (χ0n) is 10.1. The van der Waals surface area contributed by atoms with Crippen LogP contribution in [0.4, 0.5) is 32.0 Å². The van der Waals surface area contributed by atoms with Crippen molar-refractivity contribution in [3.8, 4) is 0 Å². The first-order valence-electron chi connectivity index (χ1n) is 5.52. The van der Waals surface area contributed by atoms with E-state index in [0.29, 0.717) is 0 Å². The monoisotopic (exact) mass is 325 g/mol. The van der Waals surface area contributed by atoms with Crippen molar-refractivity contribution in [1.82, 2.24) is 0 Å². The molecule has 0 spiro atoms. The van der Waals surface area contributed by atoms with E-state index in [1.165, 1.54) is 12.1 Å². The number of benzene rings is 2. The van der Waals surface area contributed by atoms with Crippen molar-refractivity contribution < 1.29 is 26.3 Å². The van der Waals surface area contributed by atoms with E-state index in [4.69, 9.17) is 11.6 Å². The fourth-order valence-corrected chi connectivity index (χ4v) is 1.72. The number of nitrogens with one attached hydrogen (secondary N) is 1. The number of hydrogen-bond donors (Lipinski definition) is 1.